The zero-order valence-corrected chi connectivity index (χ0v) is 21.2. The van der Waals surface area contributed by atoms with Gasteiger partial charge in [0, 0.05) is 12.8 Å². The van der Waals surface area contributed by atoms with Crippen LogP contribution in [-0.4, -0.2) is 56.7 Å². The third kappa shape index (κ3) is 5.97. The molecule has 0 aromatic carbocycles. The lowest BCUT2D eigenvalue weighted by Gasteiger charge is -2.45. The Hall–Kier alpha value is -1.36. The predicted octanol–water partition coefficient (Wildman–Crippen LogP) is 5.76. The highest BCUT2D eigenvalue weighted by Crippen LogP contribution is 2.60. The SMILES string of the molecule is C=C1/C(=C\C=C2/CCC[C@]3(C)C([C@H](C)C[C@H](O)CC(O)(C(F)(F)F)C(F)(F)F)CC[C@@H]23)C[C@@H](O)C[C@@H]1O. The summed E-state index contributed by atoms with van der Waals surface area (Å²) in [4.78, 5) is 0. The fraction of sp³-hybridized carbons (Fsp3) is 0.778. The largest absolute Gasteiger partial charge is 0.426 e. The van der Waals surface area contributed by atoms with Crippen LogP contribution in [0, 0.1) is 23.2 Å². The number of allylic oxidation sites excluding steroid dienone is 3. The Morgan fingerprint density at radius 1 is 1.08 bits per heavy atom. The highest BCUT2D eigenvalue weighted by Gasteiger charge is 2.70. The van der Waals surface area contributed by atoms with Crippen LogP contribution in [0.3, 0.4) is 0 Å². The van der Waals surface area contributed by atoms with E-state index in [9.17, 15) is 46.8 Å². The van der Waals surface area contributed by atoms with E-state index >= 15 is 0 Å². The van der Waals surface area contributed by atoms with Gasteiger partial charge in [-0.1, -0.05) is 38.2 Å². The zero-order valence-electron chi connectivity index (χ0n) is 21.2. The van der Waals surface area contributed by atoms with Gasteiger partial charge in [-0.15, -0.1) is 0 Å². The molecule has 10 heteroatoms. The Kier molecular flexibility index (Phi) is 8.70. The lowest BCUT2D eigenvalue weighted by molar-refractivity contribution is -0.374. The molecule has 1 unspecified atom stereocenters. The number of aliphatic hydroxyl groups is 4. The molecular formula is C27H38F6O4. The molecule has 0 amide bonds. The van der Waals surface area contributed by atoms with Crippen molar-refractivity contribution < 1.29 is 46.8 Å². The van der Waals surface area contributed by atoms with Gasteiger partial charge in [0.1, 0.15) is 0 Å². The first-order chi connectivity index (χ1) is 16.9. The summed E-state index contributed by atoms with van der Waals surface area (Å²) >= 11 is 0. The first-order valence-electron chi connectivity index (χ1n) is 12.9. The smallest absolute Gasteiger partial charge is 0.393 e. The van der Waals surface area contributed by atoms with E-state index in [1.807, 2.05) is 12.2 Å². The van der Waals surface area contributed by atoms with Crippen molar-refractivity contribution in [1.29, 1.82) is 0 Å². The van der Waals surface area contributed by atoms with Crippen molar-refractivity contribution in [3.8, 4) is 0 Å². The molecule has 0 saturated heterocycles. The molecule has 4 N–H and O–H groups in total. The van der Waals surface area contributed by atoms with E-state index in [1.165, 1.54) is 5.57 Å². The number of rotatable bonds is 6. The van der Waals surface area contributed by atoms with Crippen LogP contribution in [-0.2, 0) is 0 Å². The van der Waals surface area contributed by atoms with Crippen molar-refractivity contribution in [2.24, 2.45) is 23.2 Å². The zero-order chi connectivity index (χ0) is 28.0. The van der Waals surface area contributed by atoms with Gasteiger partial charge >= 0.3 is 12.4 Å². The average Bonchev–Trinajstić information content (AvgIpc) is 3.11. The summed E-state index contributed by atoms with van der Waals surface area (Å²) in [6.07, 6.45) is -8.72. The Morgan fingerprint density at radius 3 is 2.30 bits per heavy atom. The topological polar surface area (TPSA) is 80.9 Å². The number of alkyl halides is 6. The summed E-state index contributed by atoms with van der Waals surface area (Å²) in [5.41, 5.74) is -2.61. The summed E-state index contributed by atoms with van der Waals surface area (Å²) in [6.45, 7) is 7.78. The van der Waals surface area contributed by atoms with Gasteiger partial charge in [0.25, 0.3) is 5.60 Å². The molecule has 4 nitrogen and oxygen atoms in total. The lowest BCUT2D eigenvalue weighted by atomic mass is 9.60. The number of halogens is 6. The molecule has 0 aromatic rings. The molecule has 0 aromatic heterocycles. The van der Waals surface area contributed by atoms with E-state index in [2.05, 4.69) is 13.5 Å². The maximum Gasteiger partial charge on any atom is 0.426 e. The number of fused-ring (bicyclic) bond motifs is 1. The number of aliphatic hydroxyl groups excluding tert-OH is 3. The Morgan fingerprint density at radius 2 is 1.70 bits per heavy atom. The second-order valence-corrected chi connectivity index (χ2v) is 11.6. The van der Waals surface area contributed by atoms with E-state index < -0.39 is 42.7 Å². The summed E-state index contributed by atoms with van der Waals surface area (Å²) in [6, 6.07) is 0. The summed E-state index contributed by atoms with van der Waals surface area (Å²) < 4.78 is 78.4. The second-order valence-electron chi connectivity index (χ2n) is 11.6. The van der Waals surface area contributed by atoms with E-state index in [1.54, 1.807) is 6.92 Å². The molecule has 3 aliphatic rings. The highest BCUT2D eigenvalue weighted by atomic mass is 19.4. The third-order valence-corrected chi connectivity index (χ3v) is 9.10. The van der Waals surface area contributed by atoms with E-state index in [0.717, 1.165) is 37.7 Å². The summed E-state index contributed by atoms with van der Waals surface area (Å²) in [7, 11) is 0. The van der Waals surface area contributed by atoms with Crippen LogP contribution in [0.5, 0.6) is 0 Å². The predicted molar refractivity (Wildman–Crippen MR) is 126 cm³/mol. The van der Waals surface area contributed by atoms with Crippen LogP contribution >= 0.6 is 0 Å². The molecule has 3 saturated carbocycles. The fourth-order valence-electron chi connectivity index (χ4n) is 7.09. The first kappa shape index (κ1) is 30.2. The van der Waals surface area contributed by atoms with Gasteiger partial charge in [0.05, 0.1) is 18.3 Å². The fourth-order valence-corrected chi connectivity index (χ4v) is 7.09. The molecule has 37 heavy (non-hydrogen) atoms. The van der Waals surface area contributed by atoms with Crippen LogP contribution in [0.25, 0.3) is 0 Å². The molecule has 0 radical (unpaired) electrons. The third-order valence-electron chi connectivity index (χ3n) is 9.10. The van der Waals surface area contributed by atoms with Crippen molar-refractivity contribution in [2.75, 3.05) is 0 Å². The van der Waals surface area contributed by atoms with E-state index in [-0.39, 0.29) is 36.0 Å². The summed E-state index contributed by atoms with van der Waals surface area (Å²) in [5.74, 6) is -0.185. The Bertz CT molecular complexity index is 894. The van der Waals surface area contributed by atoms with Gasteiger partial charge in [0.2, 0.25) is 0 Å². The van der Waals surface area contributed by atoms with Crippen LogP contribution in [0.15, 0.2) is 35.5 Å². The van der Waals surface area contributed by atoms with E-state index in [0.29, 0.717) is 12.0 Å². The van der Waals surface area contributed by atoms with Gasteiger partial charge in [-0.05, 0) is 79.3 Å². The summed E-state index contributed by atoms with van der Waals surface area (Å²) in [5, 5.41) is 39.8. The Labute approximate surface area is 213 Å². The van der Waals surface area contributed by atoms with Gasteiger partial charge in [-0.3, -0.25) is 0 Å². The highest BCUT2D eigenvalue weighted by molar-refractivity contribution is 5.38. The minimum atomic E-state index is -5.95. The van der Waals surface area contributed by atoms with Crippen LogP contribution < -0.4 is 0 Å². The standard InChI is InChI=1S/C27H38F6O4/c1-15(11-20(35)14-25(37,26(28,29)30)27(31,32)33)21-8-9-22-17(5-4-10-24(21,22)3)6-7-18-12-19(34)13-23(36)16(18)2/h6-7,15,19-23,34-37H,2,4-5,8-14H2,1,3H3/b17-6+,18-7-/t15-,19-,20+,21?,22+,23+,24-/m1/s1. The molecule has 0 heterocycles. The van der Waals surface area contributed by atoms with Gasteiger partial charge in [0.15, 0.2) is 0 Å². The monoisotopic (exact) mass is 540 g/mol. The maximum absolute atomic E-state index is 13.1. The Balaban J connectivity index is 1.73. The minimum Gasteiger partial charge on any atom is -0.393 e. The molecule has 0 aliphatic heterocycles. The lowest BCUT2D eigenvalue weighted by Crippen LogP contribution is -2.58. The van der Waals surface area contributed by atoms with Crippen molar-refractivity contribution in [1.82, 2.24) is 0 Å². The maximum atomic E-state index is 13.1. The van der Waals surface area contributed by atoms with Crippen molar-refractivity contribution >= 4 is 0 Å². The second kappa shape index (κ2) is 10.7. The van der Waals surface area contributed by atoms with Gasteiger partial charge in [-0.2, -0.15) is 26.3 Å². The molecule has 3 fully saturated rings. The molecule has 3 aliphatic carbocycles. The molecule has 212 valence electrons. The normalized spacial score (nSPS) is 35.6. The molecule has 7 atom stereocenters. The van der Waals surface area contributed by atoms with Crippen LogP contribution in [0.4, 0.5) is 26.3 Å². The minimum absolute atomic E-state index is 0.0124. The van der Waals surface area contributed by atoms with Gasteiger partial charge in [-0.25, -0.2) is 0 Å². The molecule has 0 bridgehead atoms. The van der Waals surface area contributed by atoms with Crippen LogP contribution in [0.2, 0.25) is 0 Å². The van der Waals surface area contributed by atoms with Crippen molar-refractivity contribution in [2.45, 2.75) is 108 Å². The van der Waals surface area contributed by atoms with Gasteiger partial charge < -0.3 is 20.4 Å². The molecule has 0 spiro atoms. The number of hydrogen-bond acceptors (Lipinski definition) is 4. The molecule has 3 rings (SSSR count). The van der Waals surface area contributed by atoms with E-state index in [4.69, 9.17) is 0 Å². The molecular weight excluding hydrogens is 502 g/mol. The van der Waals surface area contributed by atoms with Crippen molar-refractivity contribution in [3.05, 3.63) is 35.5 Å². The average molecular weight is 541 g/mol. The van der Waals surface area contributed by atoms with Crippen molar-refractivity contribution in [3.63, 3.8) is 0 Å². The van der Waals surface area contributed by atoms with Crippen LogP contribution in [0.1, 0.15) is 71.6 Å². The first-order valence-corrected chi connectivity index (χ1v) is 12.9. The number of hydrogen-bond donors (Lipinski definition) is 4. The quantitative estimate of drug-likeness (QED) is 0.323.